The van der Waals surface area contributed by atoms with Crippen molar-refractivity contribution >= 4 is 22.7 Å². The Morgan fingerprint density at radius 2 is 0.892 bits per heavy atom. The standard InChI is InChI=1S/C35H26S2/c1-23-11-9-13-25(19-23)31-21-29-33(36-31)34-30(22-32(37-34)26-14-10-12-24(2)20-26)35(29,27-15-5-3-6-16-27)28-17-7-4-8-18-28/h3-22H,1-2H3. The molecule has 1 aliphatic carbocycles. The Kier molecular flexibility index (Phi) is 5.28. The van der Waals surface area contributed by atoms with E-state index in [-0.39, 0.29) is 5.41 Å². The van der Waals surface area contributed by atoms with Gasteiger partial charge in [-0.1, -0.05) is 120 Å². The molecule has 0 spiro atoms. The van der Waals surface area contributed by atoms with Crippen molar-refractivity contribution in [2.75, 3.05) is 0 Å². The summed E-state index contributed by atoms with van der Waals surface area (Å²) in [5.41, 5.74) is 10.3. The lowest BCUT2D eigenvalue weighted by Crippen LogP contribution is -2.27. The van der Waals surface area contributed by atoms with Crippen molar-refractivity contribution in [2.45, 2.75) is 19.3 Å². The molecule has 0 nitrogen and oxygen atoms in total. The van der Waals surface area contributed by atoms with Crippen LogP contribution in [0, 0.1) is 13.8 Å². The van der Waals surface area contributed by atoms with Crippen LogP contribution in [0.5, 0.6) is 0 Å². The summed E-state index contributed by atoms with van der Waals surface area (Å²) < 4.78 is 0. The lowest BCUT2D eigenvalue weighted by molar-refractivity contribution is 0.772. The van der Waals surface area contributed by atoms with Crippen LogP contribution in [0.15, 0.2) is 121 Å². The van der Waals surface area contributed by atoms with Crippen molar-refractivity contribution < 1.29 is 0 Å². The average molecular weight is 511 g/mol. The third-order valence-electron chi connectivity index (χ3n) is 7.50. The quantitative estimate of drug-likeness (QED) is 0.221. The van der Waals surface area contributed by atoms with Gasteiger partial charge in [-0.15, -0.1) is 22.7 Å². The van der Waals surface area contributed by atoms with E-state index < -0.39 is 0 Å². The van der Waals surface area contributed by atoms with E-state index in [2.05, 4.69) is 135 Å². The highest BCUT2D eigenvalue weighted by Crippen LogP contribution is 2.62. The molecule has 4 aromatic carbocycles. The first-order valence-electron chi connectivity index (χ1n) is 12.7. The molecule has 0 bridgehead atoms. The molecule has 1 aliphatic rings. The van der Waals surface area contributed by atoms with Crippen molar-refractivity contribution in [3.63, 3.8) is 0 Å². The van der Waals surface area contributed by atoms with Gasteiger partial charge in [-0.05, 0) is 59.4 Å². The first-order chi connectivity index (χ1) is 18.1. The number of thiophene rings is 2. The Morgan fingerprint density at radius 3 is 1.30 bits per heavy atom. The van der Waals surface area contributed by atoms with Gasteiger partial charge in [-0.2, -0.15) is 0 Å². The van der Waals surface area contributed by atoms with Crippen LogP contribution < -0.4 is 0 Å². The Hall–Kier alpha value is -3.72. The molecule has 0 N–H and O–H groups in total. The minimum Gasteiger partial charge on any atom is -0.134 e. The number of fused-ring (bicyclic) bond motifs is 3. The first-order valence-corrected chi connectivity index (χ1v) is 14.3. The van der Waals surface area contributed by atoms with Gasteiger partial charge in [0.05, 0.1) is 15.2 Å². The number of hydrogen-bond donors (Lipinski definition) is 0. The third-order valence-corrected chi connectivity index (χ3v) is 10.0. The summed E-state index contributed by atoms with van der Waals surface area (Å²) in [6.07, 6.45) is 0. The van der Waals surface area contributed by atoms with E-state index in [4.69, 9.17) is 0 Å². The number of benzene rings is 4. The maximum absolute atomic E-state index is 2.47. The molecule has 0 aliphatic heterocycles. The molecule has 2 heteroatoms. The fourth-order valence-electron chi connectivity index (χ4n) is 5.87. The molecule has 0 radical (unpaired) electrons. The number of hydrogen-bond acceptors (Lipinski definition) is 2. The topological polar surface area (TPSA) is 0 Å². The highest BCUT2D eigenvalue weighted by atomic mass is 32.1. The summed E-state index contributed by atoms with van der Waals surface area (Å²) in [6, 6.07) is 44.9. The molecule has 37 heavy (non-hydrogen) atoms. The summed E-state index contributed by atoms with van der Waals surface area (Å²) >= 11 is 3.88. The molecule has 0 amide bonds. The van der Waals surface area contributed by atoms with Gasteiger partial charge in [0.15, 0.2) is 0 Å². The molecule has 178 valence electrons. The molecule has 2 heterocycles. The average Bonchev–Trinajstić information content (AvgIpc) is 3.61. The second kappa shape index (κ2) is 8.69. The minimum atomic E-state index is -0.343. The van der Waals surface area contributed by atoms with Gasteiger partial charge in [0.1, 0.15) is 0 Å². The van der Waals surface area contributed by atoms with Gasteiger partial charge in [-0.3, -0.25) is 0 Å². The third kappa shape index (κ3) is 3.48. The van der Waals surface area contributed by atoms with Gasteiger partial charge in [-0.25, -0.2) is 0 Å². The van der Waals surface area contributed by atoms with E-state index in [9.17, 15) is 0 Å². The molecular weight excluding hydrogens is 485 g/mol. The van der Waals surface area contributed by atoms with Crippen LogP contribution in [-0.2, 0) is 5.41 Å². The maximum atomic E-state index is 2.47. The van der Waals surface area contributed by atoms with Crippen LogP contribution in [0.2, 0.25) is 0 Å². The van der Waals surface area contributed by atoms with Crippen molar-refractivity contribution in [1.29, 1.82) is 0 Å². The highest BCUT2D eigenvalue weighted by Gasteiger charge is 2.48. The van der Waals surface area contributed by atoms with Crippen LogP contribution in [0.3, 0.4) is 0 Å². The number of aryl methyl sites for hydroxylation is 2. The fourth-order valence-corrected chi connectivity index (χ4v) is 8.45. The Balaban J connectivity index is 1.57. The second-order valence-electron chi connectivity index (χ2n) is 9.93. The SMILES string of the molecule is Cc1cccc(-c2cc3c(s2)-c2sc(-c4cccc(C)c4)cc2C3(c2ccccc2)c2ccccc2)c1. The normalized spacial score (nSPS) is 13.4. The van der Waals surface area contributed by atoms with Crippen molar-refractivity contribution in [3.8, 4) is 30.6 Å². The van der Waals surface area contributed by atoms with E-state index >= 15 is 0 Å². The smallest absolute Gasteiger partial charge is 0.0730 e. The zero-order valence-electron chi connectivity index (χ0n) is 20.9. The van der Waals surface area contributed by atoms with Crippen molar-refractivity contribution in [3.05, 3.63) is 155 Å². The maximum Gasteiger partial charge on any atom is 0.0730 e. The van der Waals surface area contributed by atoms with E-state index in [0.717, 1.165) is 0 Å². The highest BCUT2D eigenvalue weighted by molar-refractivity contribution is 7.25. The van der Waals surface area contributed by atoms with E-state index in [1.54, 1.807) is 0 Å². The molecular formula is C35H26S2. The Morgan fingerprint density at radius 1 is 0.459 bits per heavy atom. The lowest BCUT2D eigenvalue weighted by Gasteiger charge is -2.32. The van der Waals surface area contributed by atoms with Gasteiger partial charge in [0.25, 0.3) is 0 Å². The Labute approximate surface area is 226 Å². The van der Waals surface area contributed by atoms with Crippen molar-refractivity contribution in [1.82, 2.24) is 0 Å². The van der Waals surface area contributed by atoms with E-state index in [0.29, 0.717) is 0 Å². The van der Waals surface area contributed by atoms with Gasteiger partial charge >= 0.3 is 0 Å². The molecule has 7 rings (SSSR count). The molecule has 2 aromatic heterocycles. The molecule has 0 fully saturated rings. The Bertz CT molecular complexity index is 1600. The van der Waals surface area contributed by atoms with Crippen LogP contribution in [0.25, 0.3) is 30.6 Å². The molecule has 0 saturated heterocycles. The van der Waals surface area contributed by atoms with E-state index in [1.165, 1.54) is 64.0 Å². The summed E-state index contributed by atoms with van der Waals surface area (Å²) in [5.74, 6) is 0. The summed E-state index contributed by atoms with van der Waals surface area (Å²) in [7, 11) is 0. The van der Waals surface area contributed by atoms with Crippen molar-refractivity contribution in [2.24, 2.45) is 0 Å². The monoisotopic (exact) mass is 510 g/mol. The summed E-state index contributed by atoms with van der Waals surface area (Å²) in [6.45, 7) is 4.35. The first kappa shape index (κ1) is 22.5. The molecule has 0 unspecified atom stereocenters. The van der Waals surface area contributed by atoms with Crippen LogP contribution >= 0.6 is 22.7 Å². The number of rotatable bonds is 4. The molecule has 0 atom stereocenters. The van der Waals surface area contributed by atoms with Crippen LogP contribution in [-0.4, -0.2) is 0 Å². The van der Waals surface area contributed by atoms with Gasteiger partial charge in [0, 0.05) is 9.75 Å². The molecule has 0 saturated carbocycles. The van der Waals surface area contributed by atoms with Crippen LogP contribution in [0.4, 0.5) is 0 Å². The largest absolute Gasteiger partial charge is 0.134 e. The predicted octanol–water partition coefficient (Wildman–Crippen LogP) is 10.1. The zero-order chi connectivity index (χ0) is 25.0. The minimum absolute atomic E-state index is 0.343. The summed E-state index contributed by atoms with van der Waals surface area (Å²) in [4.78, 5) is 5.48. The zero-order valence-corrected chi connectivity index (χ0v) is 22.5. The fraction of sp³-hybridized carbons (Fsp3) is 0.0857. The second-order valence-corrected chi connectivity index (χ2v) is 12.0. The van der Waals surface area contributed by atoms with Gasteiger partial charge < -0.3 is 0 Å². The van der Waals surface area contributed by atoms with E-state index in [1.807, 2.05) is 22.7 Å². The summed E-state index contributed by atoms with van der Waals surface area (Å²) in [5, 5.41) is 0. The predicted molar refractivity (Wildman–Crippen MR) is 160 cm³/mol. The van der Waals surface area contributed by atoms with Crippen LogP contribution in [0.1, 0.15) is 33.4 Å². The molecule has 6 aromatic rings. The lowest BCUT2D eigenvalue weighted by atomic mass is 9.68. The van der Waals surface area contributed by atoms with Gasteiger partial charge in [0.2, 0.25) is 0 Å².